The number of aromatic amines is 2. The predicted octanol–water partition coefficient (Wildman–Crippen LogP) is -1.87. The van der Waals surface area contributed by atoms with E-state index in [1.54, 1.807) is 30.3 Å². The first kappa shape index (κ1) is 23.9. The molecule has 2 aromatic heterocycles. The summed E-state index contributed by atoms with van der Waals surface area (Å²) in [6.07, 6.45) is 0. The van der Waals surface area contributed by atoms with Crippen molar-refractivity contribution in [1.82, 2.24) is 19.9 Å². The molecule has 0 bridgehead atoms. The van der Waals surface area contributed by atoms with Gasteiger partial charge in [-0.1, -0.05) is 53.9 Å². The number of benzene rings is 1. The van der Waals surface area contributed by atoms with Crippen LogP contribution in [0.15, 0.2) is 50.2 Å². The lowest BCUT2D eigenvalue weighted by Gasteiger charge is -2.19. The van der Waals surface area contributed by atoms with Gasteiger partial charge in [-0.05, 0) is 5.56 Å². The Balaban J connectivity index is 2.16. The van der Waals surface area contributed by atoms with E-state index in [0.29, 0.717) is 29.1 Å². The molecule has 0 spiro atoms. The van der Waals surface area contributed by atoms with Gasteiger partial charge in [0.1, 0.15) is 0 Å². The number of hydrogen-bond donors (Lipinski definition) is 4. The minimum atomic E-state index is -1.41. The van der Waals surface area contributed by atoms with Crippen LogP contribution in [0.2, 0.25) is 0 Å². The van der Waals surface area contributed by atoms with E-state index in [-0.39, 0.29) is 10.3 Å². The van der Waals surface area contributed by atoms with Crippen molar-refractivity contribution in [2.45, 2.75) is 16.2 Å². The molecule has 0 aliphatic carbocycles. The van der Waals surface area contributed by atoms with Crippen LogP contribution in [0, 0.1) is 0 Å². The third-order valence-corrected chi connectivity index (χ3v) is 5.88. The number of aromatic hydroxyl groups is 2. The van der Waals surface area contributed by atoms with E-state index in [1.807, 2.05) is 0 Å². The number of rotatable bonds is 9. The average molecular weight is 490 g/mol. The van der Waals surface area contributed by atoms with Crippen LogP contribution >= 0.6 is 23.5 Å². The Labute approximate surface area is 192 Å². The van der Waals surface area contributed by atoms with E-state index >= 15 is 0 Å². The lowest BCUT2D eigenvalue weighted by molar-refractivity contribution is -0.302. The van der Waals surface area contributed by atoms with Crippen LogP contribution in [0.5, 0.6) is 11.8 Å². The molecule has 0 radical (unpaired) electrons. The third kappa shape index (κ3) is 5.72. The maximum atomic E-state index is 12.8. The summed E-state index contributed by atoms with van der Waals surface area (Å²) < 4.78 is 0. The van der Waals surface area contributed by atoms with Gasteiger partial charge in [0.25, 0.3) is 11.1 Å². The monoisotopic (exact) mass is 490 g/mol. The number of nitrogens with zero attached hydrogens (tertiary/aromatic N) is 2. The van der Waals surface area contributed by atoms with Crippen molar-refractivity contribution >= 4 is 35.5 Å². The summed E-state index contributed by atoms with van der Waals surface area (Å²) in [4.78, 5) is 59.2. The molecule has 4 N–H and O–H groups in total. The number of aromatic nitrogens is 4. The molecule has 1 aromatic carbocycles. The molecule has 3 rings (SSSR count). The van der Waals surface area contributed by atoms with Crippen molar-refractivity contribution in [1.29, 1.82) is 0 Å². The molecular weight excluding hydrogens is 476 g/mol. The first-order valence-electron chi connectivity index (χ1n) is 9.04. The molecule has 0 aliphatic rings. The van der Waals surface area contributed by atoms with Gasteiger partial charge in [-0.25, -0.2) is 0 Å². The summed E-state index contributed by atoms with van der Waals surface area (Å²) in [6, 6.07) is 7.96. The second-order valence-corrected chi connectivity index (χ2v) is 8.31. The van der Waals surface area contributed by atoms with Gasteiger partial charge in [0.05, 0.1) is 29.0 Å². The second kappa shape index (κ2) is 10.2. The van der Waals surface area contributed by atoms with Crippen LogP contribution in [0.25, 0.3) is 0 Å². The van der Waals surface area contributed by atoms with Crippen molar-refractivity contribution in [3.8, 4) is 11.8 Å². The summed E-state index contributed by atoms with van der Waals surface area (Å²) in [5, 5.41) is 41.9. The van der Waals surface area contributed by atoms with Crippen LogP contribution in [0.1, 0.15) is 22.6 Å². The van der Waals surface area contributed by atoms with Gasteiger partial charge in [-0.2, -0.15) is 9.97 Å². The lowest BCUT2D eigenvalue weighted by atomic mass is 9.87. The number of nitrogens with one attached hydrogen (secondary N) is 2. The van der Waals surface area contributed by atoms with Gasteiger partial charge >= 0.3 is 0 Å². The predicted molar refractivity (Wildman–Crippen MR) is 112 cm³/mol. The van der Waals surface area contributed by atoms with Crippen molar-refractivity contribution in [3.05, 3.63) is 67.7 Å². The summed E-state index contributed by atoms with van der Waals surface area (Å²) in [5.41, 5.74) is -2.22. The minimum Gasteiger partial charge on any atom is -0.549 e. The van der Waals surface area contributed by atoms with Gasteiger partial charge in [0.2, 0.25) is 11.8 Å². The molecule has 14 heteroatoms. The Kier molecular flexibility index (Phi) is 7.40. The van der Waals surface area contributed by atoms with Gasteiger partial charge in [-0.3, -0.25) is 9.59 Å². The largest absolute Gasteiger partial charge is 0.549 e. The molecule has 0 fully saturated rings. The summed E-state index contributed by atoms with van der Waals surface area (Å²) in [5.74, 6) is -6.78. The van der Waals surface area contributed by atoms with E-state index in [2.05, 4.69) is 19.9 Å². The molecule has 0 amide bonds. The quantitative estimate of drug-likeness (QED) is 0.192. The van der Waals surface area contributed by atoms with Crippen molar-refractivity contribution in [2.24, 2.45) is 0 Å². The fraction of sp³-hybridized carbons (Fsp3) is 0.158. The van der Waals surface area contributed by atoms with Gasteiger partial charge < -0.3 is 40.0 Å². The maximum absolute atomic E-state index is 12.8. The number of thioether (sulfide) groups is 2. The Morgan fingerprint density at radius 1 is 0.848 bits per heavy atom. The highest BCUT2D eigenvalue weighted by atomic mass is 32.2. The van der Waals surface area contributed by atoms with Gasteiger partial charge in [0, 0.05) is 11.5 Å². The molecule has 3 aromatic rings. The van der Waals surface area contributed by atoms with Crippen LogP contribution in [-0.2, 0) is 9.59 Å². The van der Waals surface area contributed by atoms with E-state index < -0.39 is 63.4 Å². The number of carboxylic acids is 2. The Morgan fingerprint density at radius 2 is 1.27 bits per heavy atom. The zero-order valence-electron chi connectivity index (χ0n) is 16.4. The highest BCUT2D eigenvalue weighted by Gasteiger charge is 2.31. The molecule has 0 saturated heterocycles. The first-order chi connectivity index (χ1) is 15.7. The highest BCUT2D eigenvalue weighted by molar-refractivity contribution is 8.00. The molecule has 0 aliphatic heterocycles. The van der Waals surface area contributed by atoms with E-state index in [9.17, 15) is 39.6 Å². The van der Waals surface area contributed by atoms with E-state index in [0.717, 1.165) is 0 Å². The van der Waals surface area contributed by atoms with Crippen LogP contribution in [0.3, 0.4) is 0 Å². The van der Waals surface area contributed by atoms with E-state index in [1.165, 1.54) is 0 Å². The smallest absolute Gasteiger partial charge is 0.259 e. The highest BCUT2D eigenvalue weighted by Crippen LogP contribution is 2.36. The van der Waals surface area contributed by atoms with Crippen molar-refractivity contribution < 1.29 is 30.0 Å². The fourth-order valence-electron chi connectivity index (χ4n) is 2.94. The van der Waals surface area contributed by atoms with Crippen LogP contribution in [0.4, 0.5) is 0 Å². The number of aliphatic carboxylic acids is 2. The topological polar surface area (TPSA) is 212 Å². The average Bonchev–Trinajstić information content (AvgIpc) is 2.75. The molecule has 33 heavy (non-hydrogen) atoms. The van der Waals surface area contributed by atoms with Crippen molar-refractivity contribution in [2.75, 3.05) is 11.5 Å². The number of carbonyl (C=O) groups excluding carboxylic acids is 2. The van der Waals surface area contributed by atoms with Gasteiger partial charge in [-0.15, -0.1) is 0 Å². The normalized spacial score (nSPS) is 10.9. The summed E-state index contributed by atoms with van der Waals surface area (Å²) in [6.45, 7) is 0. The van der Waals surface area contributed by atoms with Crippen molar-refractivity contribution in [3.63, 3.8) is 0 Å². The fourth-order valence-corrected chi connectivity index (χ4v) is 4.08. The summed E-state index contributed by atoms with van der Waals surface area (Å²) >= 11 is 1.22. The zero-order chi connectivity index (χ0) is 24.1. The second-order valence-electron chi connectivity index (χ2n) is 6.38. The molecule has 0 unspecified atom stereocenters. The zero-order valence-corrected chi connectivity index (χ0v) is 18.1. The Hall–Kier alpha value is -3.78. The van der Waals surface area contributed by atoms with Gasteiger partial charge in [0.15, 0.2) is 10.3 Å². The SMILES string of the molecule is O=C([O-])CSc1nc(O)c(C(c2ccccc2)c2c(O)nc(SCC(=O)[O-])[nH]c2=O)c(=O)[nH]1. The lowest BCUT2D eigenvalue weighted by Crippen LogP contribution is -2.27. The molecule has 0 saturated carbocycles. The third-order valence-electron chi connectivity index (χ3n) is 4.19. The number of carboxylic acid groups (broad SMARTS) is 2. The first-order valence-corrected chi connectivity index (χ1v) is 11.0. The molecule has 2 heterocycles. The number of carbonyl (C=O) groups is 2. The molecule has 12 nitrogen and oxygen atoms in total. The molecule has 0 atom stereocenters. The van der Waals surface area contributed by atoms with Crippen LogP contribution in [-0.4, -0.2) is 53.6 Å². The Morgan fingerprint density at radius 3 is 1.64 bits per heavy atom. The van der Waals surface area contributed by atoms with E-state index in [4.69, 9.17) is 0 Å². The Bertz CT molecular complexity index is 1230. The number of H-pyrrole nitrogens is 2. The molecule has 172 valence electrons. The standard InChI is InChI=1S/C19H16N4O8S2/c24-9(25)6-32-18-20-14(28)12(15(29)21-18)11(8-4-2-1-3-5-8)13-16(30)22-19(23-17(13)31)33-7-10(26)27/h1-5,11H,6-7H2,(H,24,25)(H,26,27)(H2,20,21,28,29)(H2,22,23,30,31)/p-2. The molecular formula is C19H14N4O8S2-2. The number of hydrogen-bond acceptors (Lipinski definition) is 12. The van der Waals surface area contributed by atoms with Crippen LogP contribution < -0.4 is 21.3 Å². The summed E-state index contributed by atoms with van der Waals surface area (Å²) in [7, 11) is 0. The minimum absolute atomic E-state index is 0.192. The maximum Gasteiger partial charge on any atom is 0.259 e.